The van der Waals surface area contributed by atoms with Crippen LogP contribution in [0.2, 0.25) is 0 Å². The Hall–Kier alpha value is -1.40. The van der Waals surface area contributed by atoms with Crippen LogP contribution in [0.5, 0.6) is 0 Å². The van der Waals surface area contributed by atoms with E-state index in [9.17, 15) is 14.7 Å². The molecule has 2 amide bonds. The molecule has 1 fully saturated rings. The smallest absolute Gasteiger partial charge is 0.309 e. The van der Waals surface area contributed by atoms with Crippen LogP contribution in [0.25, 0.3) is 0 Å². The van der Waals surface area contributed by atoms with Crippen LogP contribution in [0.1, 0.15) is 56.6 Å². The number of carbonyl (C=O) groups is 2. The first-order valence-corrected chi connectivity index (χ1v) is 8.90. The quantitative estimate of drug-likeness (QED) is 0.573. The van der Waals surface area contributed by atoms with E-state index in [2.05, 4.69) is 10.6 Å². The Kier molecular flexibility index (Phi) is 6.86. The summed E-state index contributed by atoms with van der Waals surface area (Å²) in [5, 5.41) is 19.1. The van der Waals surface area contributed by atoms with E-state index in [1.165, 1.54) is 24.2 Å². The fraction of sp³-hybridized carbons (Fsp3) is 0.625. The van der Waals surface area contributed by atoms with Crippen molar-refractivity contribution >= 4 is 23.2 Å². The number of carbonyl (C=O) groups excluding carboxylic acids is 2. The molecule has 1 unspecified atom stereocenters. The summed E-state index contributed by atoms with van der Waals surface area (Å²) in [6, 6.07) is 1.98. The maximum Gasteiger partial charge on any atom is 0.309 e. The molecule has 1 atom stereocenters. The number of aliphatic hydroxyl groups excluding tert-OH is 1. The molecule has 0 radical (unpaired) electrons. The zero-order valence-electron chi connectivity index (χ0n) is 12.7. The third-order valence-corrected chi connectivity index (χ3v) is 4.73. The number of aliphatic hydroxyl groups is 1. The van der Waals surface area contributed by atoms with Gasteiger partial charge in [0.2, 0.25) is 0 Å². The summed E-state index contributed by atoms with van der Waals surface area (Å²) in [4.78, 5) is 23.6. The SMILES string of the molecule is O=C(NCCC(O)c1ccsc1)C(=O)NC1CCCCCC1. The van der Waals surface area contributed by atoms with Gasteiger partial charge in [-0.15, -0.1) is 0 Å². The largest absolute Gasteiger partial charge is 0.388 e. The predicted octanol–water partition coefficient (Wildman–Crippen LogP) is 2.13. The molecule has 1 saturated carbocycles. The third kappa shape index (κ3) is 5.42. The van der Waals surface area contributed by atoms with Crippen LogP contribution in [0, 0.1) is 0 Å². The van der Waals surface area contributed by atoms with Gasteiger partial charge in [-0.05, 0) is 41.7 Å². The highest BCUT2D eigenvalue weighted by molar-refractivity contribution is 7.07. The minimum absolute atomic E-state index is 0.122. The summed E-state index contributed by atoms with van der Waals surface area (Å²) in [6.45, 7) is 0.286. The van der Waals surface area contributed by atoms with Crippen LogP contribution in [-0.4, -0.2) is 29.5 Å². The summed E-state index contributed by atoms with van der Waals surface area (Å²) in [6.07, 6.45) is 6.35. The molecule has 1 aromatic heterocycles. The standard InChI is InChI=1S/C16H24N2O3S/c19-14(12-8-10-22-11-12)7-9-17-15(20)16(21)18-13-5-3-1-2-4-6-13/h8,10-11,13-14,19H,1-7,9H2,(H,17,20)(H,18,21). The molecule has 6 heteroatoms. The summed E-state index contributed by atoms with van der Waals surface area (Å²) in [7, 11) is 0. The Morgan fingerprint density at radius 3 is 2.59 bits per heavy atom. The lowest BCUT2D eigenvalue weighted by atomic mass is 10.1. The number of rotatable bonds is 5. The molecule has 5 nitrogen and oxygen atoms in total. The fourth-order valence-corrected chi connectivity index (χ4v) is 3.42. The monoisotopic (exact) mass is 324 g/mol. The van der Waals surface area contributed by atoms with Crippen molar-refractivity contribution in [2.45, 2.75) is 57.1 Å². The first-order chi connectivity index (χ1) is 10.7. The van der Waals surface area contributed by atoms with E-state index >= 15 is 0 Å². The highest BCUT2D eigenvalue weighted by Gasteiger charge is 2.19. The molecule has 2 rings (SSSR count). The lowest BCUT2D eigenvalue weighted by molar-refractivity contribution is -0.139. The number of hydrogen-bond donors (Lipinski definition) is 3. The van der Waals surface area contributed by atoms with Gasteiger partial charge in [-0.2, -0.15) is 11.3 Å². The zero-order chi connectivity index (χ0) is 15.8. The van der Waals surface area contributed by atoms with E-state index in [0.717, 1.165) is 31.2 Å². The van der Waals surface area contributed by atoms with Gasteiger partial charge in [-0.3, -0.25) is 9.59 Å². The van der Waals surface area contributed by atoms with Gasteiger partial charge in [0.05, 0.1) is 6.10 Å². The van der Waals surface area contributed by atoms with Gasteiger partial charge in [0, 0.05) is 12.6 Å². The molecular formula is C16H24N2O3S. The summed E-state index contributed by atoms with van der Waals surface area (Å²) in [5.41, 5.74) is 0.849. The van der Waals surface area contributed by atoms with Gasteiger partial charge < -0.3 is 15.7 Å². The topological polar surface area (TPSA) is 78.4 Å². The van der Waals surface area contributed by atoms with Crippen molar-refractivity contribution in [3.63, 3.8) is 0 Å². The lowest BCUT2D eigenvalue weighted by Crippen LogP contribution is -2.44. The molecule has 22 heavy (non-hydrogen) atoms. The van der Waals surface area contributed by atoms with Crippen LogP contribution >= 0.6 is 11.3 Å². The van der Waals surface area contributed by atoms with Crippen LogP contribution in [-0.2, 0) is 9.59 Å². The highest BCUT2D eigenvalue weighted by atomic mass is 32.1. The molecule has 0 aliphatic heterocycles. The molecule has 3 N–H and O–H groups in total. The van der Waals surface area contributed by atoms with Crippen molar-refractivity contribution in [3.05, 3.63) is 22.4 Å². The average molecular weight is 324 g/mol. The molecule has 1 heterocycles. The van der Waals surface area contributed by atoms with Crippen molar-refractivity contribution in [2.24, 2.45) is 0 Å². The molecule has 0 spiro atoms. The van der Waals surface area contributed by atoms with Crippen LogP contribution in [0.4, 0.5) is 0 Å². The Labute approximate surface area is 135 Å². The second-order valence-corrected chi connectivity index (χ2v) is 6.56. The van der Waals surface area contributed by atoms with Gasteiger partial charge >= 0.3 is 11.8 Å². The van der Waals surface area contributed by atoms with Crippen LogP contribution in [0.3, 0.4) is 0 Å². The molecule has 0 aromatic carbocycles. The maximum absolute atomic E-state index is 11.8. The van der Waals surface area contributed by atoms with Crippen molar-refractivity contribution in [1.29, 1.82) is 0 Å². The minimum atomic E-state index is -0.609. The first kappa shape index (κ1) is 17.0. The van der Waals surface area contributed by atoms with Gasteiger partial charge in [0.25, 0.3) is 0 Å². The zero-order valence-corrected chi connectivity index (χ0v) is 13.5. The number of thiophene rings is 1. The average Bonchev–Trinajstić information content (AvgIpc) is 2.93. The molecule has 0 saturated heterocycles. The normalized spacial score (nSPS) is 17.5. The Morgan fingerprint density at radius 2 is 1.95 bits per heavy atom. The molecule has 1 aromatic rings. The molecular weight excluding hydrogens is 300 g/mol. The lowest BCUT2D eigenvalue weighted by Gasteiger charge is -2.16. The molecule has 1 aliphatic carbocycles. The number of hydrogen-bond acceptors (Lipinski definition) is 4. The molecule has 1 aliphatic rings. The maximum atomic E-state index is 11.8. The highest BCUT2D eigenvalue weighted by Crippen LogP contribution is 2.18. The van der Waals surface area contributed by atoms with Crippen LogP contribution < -0.4 is 10.6 Å². The van der Waals surface area contributed by atoms with Gasteiger partial charge in [0.15, 0.2) is 0 Å². The number of nitrogens with one attached hydrogen (secondary N) is 2. The predicted molar refractivity (Wildman–Crippen MR) is 86.5 cm³/mol. The van der Waals surface area contributed by atoms with E-state index in [4.69, 9.17) is 0 Å². The number of amides is 2. The van der Waals surface area contributed by atoms with Crippen molar-refractivity contribution < 1.29 is 14.7 Å². The second kappa shape index (κ2) is 8.90. The van der Waals surface area contributed by atoms with Crippen LogP contribution in [0.15, 0.2) is 16.8 Å². The Balaban J connectivity index is 1.66. The van der Waals surface area contributed by atoms with E-state index in [-0.39, 0.29) is 12.6 Å². The first-order valence-electron chi connectivity index (χ1n) is 7.95. The van der Waals surface area contributed by atoms with E-state index < -0.39 is 17.9 Å². The molecule has 0 bridgehead atoms. The van der Waals surface area contributed by atoms with Crippen molar-refractivity contribution in [2.75, 3.05) is 6.54 Å². The Bertz CT molecular complexity index is 468. The minimum Gasteiger partial charge on any atom is -0.388 e. The van der Waals surface area contributed by atoms with Gasteiger partial charge in [0.1, 0.15) is 0 Å². The van der Waals surface area contributed by atoms with E-state index in [1.54, 1.807) is 0 Å². The van der Waals surface area contributed by atoms with Crippen molar-refractivity contribution in [3.8, 4) is 0 Å². The summed E-state index contributed by atoms with van der Waals surface area (Å²) < 4.78 is 0. The van der Waals surface area contributed by atoms with E-state index in [0.29, 0.717) is 6.42 Å². The summed E-state index contributed by atoms with van der Waals surface area (Å²) in [5.74, 6) is -1.17. The fourth-order valence-electron chi connectivity index (χ4n) is 2.71. The van der Waals surface area contributed by atoms with Crippen molar-refractivity contribution in [1.82, 2.24) is 10.6 Å². The van der Waals surface area contributed by atoms with E-state index in [1.807, 2.05) is 16.8 Å². The van der Waals surface area contributed by atoms with Gasteiger partial charge in [-0.25, -0.2) is 0 Å². The second-order valence-electron chi connectivity index (χ2n) is 5.78. The van der Waals surface area contributed by atoms with Gasteiger partial charge in [-0.1, -0.05) is 25.7 Å². The summed E-state index contributed by atoms with van der Waals surface area (Å²) >= 11 is 1.52. The molecule has 122 valence electrons. The Morgan fingerprint density at radius 1 is 1.23 bits per heavy atom. The third-order valence-electron chi connectivity index (χ3n) is 4.03.